The van der Waals surface area contributed by atoms with Crippen LogP contribution in [0, 0.1) is 0 Å². The number of ether oxygens (including phenoxy) is 1. The number of rotatable bonds is 12. The van der Waals surface area contributed by atoms with Crippen molar-refractivity contribution >= 4 is 11.8 Å². The maximum absolute atomic E-state index is 12.0. The van der Waals surface area contributed by atoms with Crippen LogP contribution < -0.4 is 0 Å². The highest BCUT2D eigenvalue weighted by atomic mass is 16.5. The first-order chi connectivity index (χ1) is 12.1. The van der Waals surface area contributed by atoms with Crippen LogP contribution in [0.5, 0.6) is 0 Å². The van der Waals surface area contributed by atoms with E-state index in [0.717, 1.165) is 56.1 Å². The number of unbranched alkanes of at least 4 members (excludes halogenated alkanes) is 3. The molecular weight excluding hydrogens is 316 g/mol. The Morgan fingerprint density at radius 1 is 1.24 bits per heavy atom. The molecule has 0 bridgehead atoms. The second-order valence-electron chi connectivity index (χ2n) is 6.49. The largest absolute Gasteiger partial charge is 0.469 e. The van der Waals surface area contributed by atoms with E-state index in [2.05, 4.69) is 17.7 Å². The van der Waals surface area contributed by atoms with Gasteiger partial charge in [-0.15, -0.1) is 0 Å². The molecule has 0 aromatic heterocycles. The van der Waals surface area contributed by atoms with Gasteiger partial charge in [0.1, 0.15) is 0 Å². The summed E-state index contributed by atoms with van der Waals surface area (Å²) >= 11 is 0. The first-order valence-electron chi connectivity index (χ1n) is 9.41. The van der Waals surface area contributed by atoms with E-state index in [1.54, 1.807) is 0 Å². The average molecular weight is 348 g/mol. The summed E-state index contributed by atoms with van der Waals surface area (Å²) < 4.78 is 4.61. The van der Waals surface area contributed by atoms with Crippen molar-refractivity contribution < 1.29 is 19.4 Å². The molecule has 0 radical (unpaired) electrons. The molecule has 140 valence electrons. The average Bonchev–Trinajstić information content (AvgIpc) is 2.96. The van der Waals surface area contributed by atoms with Gasteiger partial charge >= 0.3 is 5.97 Å². The van der Waals surface area contributed by atoms with E-state index in [1.807, 2.05) is 18.2 Å². The van der Waals surface area contributed by atoms with Crippen molar-refractivity contribution in [2.75, 3.05) is 7.11 Å². The Hall–Kier alpha value is -1.68. The zero-order valence-electron chi connectivity index (χ0n) is 15.6. The summed E-state index contributed by atoms with van der Waals surface area (Å²) in [7, 11) is 1.41. The van der Waals surface area contributed by atoms with E-state index in [0.29, 0.717) is 19.3 Å². The van der Waals surface area contributed by atoms with Gasteiger partial charge in [0.2, 0.25) is 0 Å². The molecule has 0 aromatic rings. The first kappa shape index (κ1) is 21.4. The van der Waals surface area contributed by atoms with Crippen molar-refractivity contribution in [1.82, 2.24) is 0 Å². The molecule has 4 nitrogen and oxygen atoms in total. The van der Waals surface area contributed by atoms with Crippen LogP contribution in [0.4, 0.5) is 0 Å². The van der Waals surface area contributed by atoms with Crippen LogP contribution in [0.2, 0.25) is 0 Å². The van der Waals surface area contributed by atoms with Crippen molar-refractivity contribution in [1.29, 1.82) is 0 Å². The van der Waals surface area contributed by atoms with Gasteiger partial charge in [0, 0.05) is 18.4 Å². The fourth-order valence-corrected chi connectivity index (χ4v) is 2.85. The molecule has 0 saturated carbocycles. The summed E-state index contributed by atoms with van der Waals surface area (Å²) in [5.41, 5.74) is 1.95. The Morgan fingerprint density at radius 2 is 2.04 bits per heavy atom. The Kier molecular flexibility index (Phi) is 10.8. The molecule has 0 fully saturated rings. The van der Waals surface area contributed by atoms with Gasteiger partial charge < -0.3 is 9.84 Å². The fourth-order valence-electron chi connectivity index (χ4n) is 2.85. The first-order valence-corrected chi connectivity index (χ1v) is 9.41. The molecule has 1 rings (SSSR count). The Balaban J connectivity index is 2.42. The van der Waals surface area contributed by atoms with Crippen LogP contribution in [0.3, 0.4) is 0 Å². The van der Waals surface area contributed by atoms with E-state index in [-0.39, 0.29) is 11.8 Å². The number of hydrogen-bond donors (Lipinski definition) is 1. The van der Waals surface area contributed by atoms with Crippen molar-refractivity contribution in [3.8, 4) is 0 Å². The normalized spacial score (nSPS) is 16.4. The highest BCUT2D eigenvalue weighted by Crippen LogP contribution is 2.27. The Bertz CT molecular complexity index is 514. The monoisotopic (exact) mass is 348 g/mol. The number of ketones is 1. The molecule has 0 unspecified atom stereocenters. The molecular formula is C21H32O4. The molecule has 0 spiro atoms. The Morgan fingerprint density at radius 3 is 2.76 bits per heavy atom. The maximum Gasteiger partial charge on any atom is 0.305 e. The molecule has 0 saturated heterocycles. The lowest BCUT2D eigenvalue weighted by Crippen LogP contribution is -2.01. The van der Waals surface area contributed by atoms with Crippen LogP contribution in [-0.2, 0) is 14.3 Å². The minimum Gasteiger partial charge on any atom is -0.469 e. The van der Waals surface area contributed by atoms with E-state index >= 15 is 0 Å². The number of allylic oxidation sites excluding steroid dienone is 5. The minimum absolute atomic E-state index is 0.164. The molecule has 1 N–H and O–H groups in total. The lowest BCUT2D eigenvalue weighted by Gasteiger charge is -2.04. The zero-order valence-corrected chi connectivity index (χ0v) is 15.6. The van der Waals surface area contributed by atoms with Gasteiger partial charge in [0.15, 0.2) is 5.78 Å². The SMILES string of the molecule is CCCC[C@H](O)/C=C/C1=C(C/C=C\CCCCC(=O)OC)C(=O)CC1. The van der Waals surface area contributed by atoms with Gasteiger partial charge in [-0.25, -0.2) is 0 Å². The number of methoxy groups -OCH3 is 1. The summed E-state index contributed by atoms with van der Waals surface area (Å²) in [4.78, 5) is 23.0. The van der Waals surface area contributed by atoms with Gasteiger partial charge in [-0.05, 0) is 44.1 Å². The molecule has 0 heterocycles. The van der Waals surface area contributed by atoms with Crippen molar-refractivity contribution in [3.05, 3.63) is 35.5 Å². The van der Waals surface area contributed by atoms with Crippen LogP contribution in [0.15, 0.2) is 35.5 Å². The fraction of sp³-hybridized carbons (Fsp3) is 0.619. The van der Waals surface area contributed by atoms with Crippen LogP contribution in [0.1, 0.15) is 71.1 Å². The standard InChI is InChI=1S/C21H32O4/c1-3-4-10-18(22)15-13-17-14-16-20(23)19(17)11-8-6-5-7-9-12-21(24)25-2/h6,8,13,15,18,22H,3-5,7,9-12,14,16H2,1-2H3/b8-6-,15-13+/t18-/m0/s1. The molecule has 0 aliphatic heterocycles. The number of aliphatic hydroxyl groups is 1. The van der Waals surface area contributed by atoms with Crippen molar-refractivity contribution in [2.45, 2.75) is 77.2 Å². The second-order valence-corrected chi connectivity index (χ2v) is 6.49. The van der Waals surface area contributed by atoms with Crippen molar-refractivity contribution in [2.24, 2.45) is 0 Å². The van der Waals surface area contributed by atoms with Crippen molar-refractivity contribution in [3.63, 3.8) is 0 Å². The molecule has 0 amide bonds. The van der Waals surface area contributed by atoms with Crippen LogP contribution in [0.25, 0.3) is 0 Å². The highest BCUT2D eigenvalue weighted by molar-refractivity contribution is 5.99. The molecule has 0 aromatic carbocycles. The predicted molar refractivity (Wildman–Crippen MR) is 100 cm³/mol. The maximum atomic E-state index is 12.0. The quantitative estimate of drug-likeness (QED) is 0.322. The molecule has 1 aliphatic carbocycles. The van der Waals surface area contributed by atoms with E-state index in [9.17, 15) is 14.7 Å². The third-order valence-electron chi connectivity index (χ3n) is 4.44. The summed E-state index contributed by atoms with van der Waals surface area (Å²) in [5.74, 6) is 0.0567. The number of carbonyl (C=O) groups excluding carboxylic acids is 2. The molecule has 25 heavy (non-hydrogen) atoms. The van der Waals surface area contributed by atoms with E-state index in [1.165, 1.54) is 7.11 Å². The summed E-state index contributed by atoms with van der Waals surface area (Å²) in [5, 5.41) is 9.91. The van der Waals surface area contributed by atoms with Crippen LogP contribution in [-0.4, -0.2) is 30.1 Å². The van der Waals surface area contributed by atoms with Crippen LogP contribution >= 0.6 is 0 Å². The third-order valence-corrected chi connectivity index (χ3v) is 4.44. The number of esters is 1. The summed E-state index contributed by atoms with van der Waals surface area (Å²) in [6, 6.07) is 0. The second kappa shape index (κ2) is 12.6. The number of hydrogen-bond acceptors (Lipinski definition) is 4. The van der Waals surface area contributed by atoms with Gasteiger partial charge in [-0.2, -0.15) is 0 Å². The third kappa shape index (κ3) is 8.82. The smallest absolute Gasteiger partial charge is 0.305 e. The molecule has 1 aliphatic rings. The minimum atomic E-state index is -0.422. The molecule has 4 heteroatoms. The summed E-state index contributed by atoms with van der Waals surface area (Å²) in [6.07, 6.45) is 15.4. The lowest BCUT2D eigenvalue weighted by molar-refractivity contribution is -0.140. The molecule has 1 atom stereocenters. The van der Waals surface area contributed by atoms with E-state index in [4.69, 9.17) is 0 Å². The lowest BCUT2D eigenvalue weighted by atomic mass is 10.0. The number of aliphatic hydroxyl groups excluding tert-OH is 1. The van der Waals surface area contributed by atoms with Gasteiger partial charge in [0.05, 0.1) is 13.2 Å². The summed E-state index contributed by atoms with van der Waals surface area (Å²) in [6.45, 7) is 2.11. The zero-order chi connectivity index (χ0) is 18.5. The van der Waals surface area contributed by atoms with Gasteiger partial charge in [-0.3, -0.25) is 9.59 Å². The van der Waals surface area contributed by atoms with Gasteiger partial charge in [-0.1, -0.05) is 44.1 Å². The number of Topliss-reactive ketones (excluding diaryl/α,β-unsaturated/α-hetero) is 1. The van der Waals surface area contributed by atoms with Gasteiger partial charge in [0.25, 0.3) is 0 Å². The predicted octanol–water partition coefficient (Wildman–Crippen LogP) is 4.43. The highest BCUT2D eigenvalue weighted by Gasteiger charge is 2.20. The Labute approximate surface area is 151 Å². The number of carbonyl (C=O) groups is 2. The van der Waals surface area contributed by atoms with E-state index < -0.39 is 6.10 Å². The topological polar surface area (TPSA) is 63.6 Å².